The molecular weight excluding hydrogens is 214 g/mol. The molecule has 0 unspecified atom stereocenters. The van der Waals surface area contributed by atoms with Crippen molar-refractivity contribution in [1.29, 1.82) is 0 Å². The minimum absolute atomic E-state index is 0.845. The maximum atomic E-state index is 5.95. The van der Waals surface area contributed by atoms with Crippen LogP contribution in [-0.4, -0.2) is 0 Å². The molecule has 0 atom stereocenters. The first-order chi connectivity index (χ1) is 7.65. The number of hydrogen-bond donors (Lipinski definition) is 1. The molecule has 0 aliphatic rings. The molecule has 0 aliphatic carbocycles. The Kier molecular flexibility index (Phi) is 3.20. The molecule has 82 valence electrons. The number of nitrogen functional groups attached to an aromatic ring is 1. The van der Waals surface area contributed by atoms with E-state index in [0.29, 0.717) is 0 Å². The van der Waals surface area contributed by atoms with Crippen LogP contribution in [0, 0.1) is 13.8 Å². The van der Waals surface area contributed by atoms with E-state index in [-0.39, 0.29) is 0 Å². The maximum absolute atomic E-state index is 5.95. The summed E-state index contributed by atoms with van der Waals surface area (Å²) in [5, 5.41) is 0. The number of aryl methyl sites for hydroxylation is 2. The average Bonchev–Trinajstić information content (AvgIpc) is 2.24. The highest BCUT2D eigenvalue weighted by molar-refractivity contribution is 7.99. The van der Waals surface area contributed by atoms with E-state index in [1.165, 1.54) is 16.0 Å². The van der Waals surface area contributed by atoms with Crippen LogP contribution in [0.5, 0.6) is 0 Å². The molecule has 0 aliphatic heterocycles. The third kappa shape index (κ3) is 2.58. The highest BCUT2D eigenvalue weighted by Crippen LogP contribution is 2.32. The summed E-state index contributed by atoms with van der Waals surface area (Å²) in [6, 6.07) is 14.6. The fourth-order valence-electron chi connectivity index (χ4n) is 1.54. The zero-order chi connectivity index (χ0) is 11.5. The molecule has 2 rings (SSSR count). The van der Waals surface area contributed by atoms with Gasteiger partial charge in [-0.1, -0.05) is 35.5 Å². The fraction of sp³-hybridized carbons (Fsp3) is 0.143. The van der Waals surface area contributed by atoms with Crippen LogP contribution in [0.25, 0.3) is 0 Å². The summed E-state index contributed by atoms with van der Waals surface area (Å²) in [5.41, 5.74) is 9.31. The minimum Gasteiger partial charge on any atom is -0.398 e. The Bertz CT molecular complexity index is 506. The van der Waals surface area contributed by atoms with Gasteiger partial charge in [0.1, 0.15) is 0 Å². The lowest BCUT2D eigenvalue weighted by Gasteiger charge is -2.07. The van der Waals surface area contributed by atoms with Crippen molar-refractivity contribution < 1.29 is 0 Å². The third-order valence-corrected chi connectivity index (χ3v) is 3.45. The standard InChI is InChI=1S/C14H15NS/c1-10-4-3-5-12(8-10)16-14-9-11(2)6-7-13(14)15/h3-9H,15H2,1-2H3. The van der Waals surface area contributed by atoms with E-state index >= 15 is 0 Å². The van der Waals surface area contributed by atoms with Crippen molar-refractivity contribution in [2.24, 2.45) is 0 Å². The molecule has 16 heavy (non-hydrogen) atoms. The second-order valence-corrected chi connectivity index (χ2v) is 5.08. The zero-order valence-corrected chi connectivity index (χ0v) is 10.3. The molecule has 2 aromatic rings. The first kappa shape index (κ1) is 11.1. The molecule has 2 N–H and O–H groups in total. The third-order valence-electron chi connectivity index (χ3n) is 2.39. The van der Waals surface area contributed by atoms with Crippen molar-refractivity contribution in [3.8, 4) is 0 Å². The molecule has 0 heterocycles. The normalized spacial score (nSPS) is 10.4. The quantitative estimate of drug-likeness (QED) is 0.787. The molecule has 0 spiro atoms. The van der Waals surface area contributed by atoms with Gasteiger partial charge in [0, 0.05) is 15.5 Å². The van der Waals surface area contributed by atoms with Crippen LogP contribution in [0.1, 0.15) is 11.1 Å². The first-order valence-corrected chi connectivity index (χ1v) is 6.07. The van der Waals surface area contributed by atoms with E-state index in [0.717, 1.165) is 10.6 Å². The van der Waals surface area contributed by atoms with Gasteiger partial charge in [-0.25, -0.2) is 0 Å². The molecule has 2 heteroatoms. The average molecular weight is 229 g/mol. The second kappa shape index (κ2) is 4.62. The predicted molar refractivity (Wildman–Crippen MR) is 70.9 cm³/mol. The van der Waals surface area contributed by atoms with E-state index in [9.17, 15) is 0 Å². The summed E-state index contributed by atoms with van der Waals surface area (Å²) >= 11 is 1.72. The predicted octanol–water partition coefficient (Wildman–Crippen LogP) is 4.04. The number of anilines is 1. The fourth-order valence-corrected chi connectivity index (χ4v) is 2.61. The molecule has 0 radical (unpaired) electrons. The summed E-state index contributed by atoms with van der Waals surface area (Å²) in [7, 11) is 0. The molecule has 1 nitrogen and oxygen atoms in total. The highest BCUT2D eigenvalue weighted by Gasteiger charge is 2.02. The van der Waals surface area contributed by atoms with Crippen LogP contribution in [-0.2, 0) is 0 Å². The summed E-state index contributed by atoms with van der Waals surface area (Å²) in [6.45, 7) is 4.18. The lowest BCUT2D eigenvalue weighted by molar-refractivity contribution is 1.33. The Balaban J connectivity index is 2.30. The Hall–Kier alpha value is -1.41. The van der Waals surface area contributed by atoms with Crippen molar-refractivity contribution in [3.63, 3.8) is 0 Å². The number of hydrogen-bond acceptors (Lipinski definition) is 2. The van der Waals surface area contributed by atoms with Crippen molar-refractivity contribution >= 4 is 17.4 Å². The van der Waals surface area contributed by atoms with Gasteiger partial charge < -0.3 is 5.73 Å². The highest BCUT2D eigenvalue weighted by atomic mass is 32.2. The van der Waals surface area contributed by atoms with Gasteiger partial charge in [-0.05, 0) is 43.7 Å². The number of rotatable bonds is 2. The lowest BCUT2D eigenvalue weighted by atomic mass is 10.2. The van der Waals surface area contributed by atoms with Gasteiger partial charge in [-0.3, -0.25) is 0 Å². The minimum atomic E-state index is 0.845. The van der Waals surface area contributed by atoms with Gasteiger partial charge in [0.25, 0.3) is 0 Å². The summed E-state index contributed by atoms with van der Waals surface area (Å²) in [6.07, 6.45) is 0. The van der Waals surface area contributed by atoms with Crippen molar-refractivity contribution in [2.45, 2.75) is 23.6 Å². The first-order valence-electron chi connectivity index (χ1n) is 5.26. The molecule has 0 aromatic heterocycles. The molecule has 0 bridgehead atoms. The molecule has 0 saturated carbocycles. The van der Waals surface area contributed by atoms with Crippen LogP contribution in [0.3, 0.4) is 0 Å². The van der Waals surface area contributed by atoms with Crippen molar-refractivity contribution in [3.05, 3.63) is 53.6 Å². The SMILES string of the molecule is Cc1cccc(Sc2cc(C)ccc2N)c1. The molecule has 0 saturated heterocycles. The van der Waals surface area contributed by atoms with E-state index in [1.54, 1.807) is 11.8 Å². The van der Waals surface area contributed by atoms with Gasteiger partial charge >= 0.3 is 0 Å². The van der Waals surface area contributed by atoms with Crippen LogP contribution >= 0.6 is 11.8 Å². The monoisotopic (exact) mass is 229 g/mol. The zero-order valence-electron chi connectivity index (χ0n) is 9.53. The molecule has 0 fully saturated rings. The van der Waals surface area contributed by atoms with Gasteiger partial charge in [0.2, 0.25) is 0 Å². The number of nitrogens with two attached hydrogens (primary N) is 1. The van der Waals surface area contributed by atoms with Crippen LogP contribution in [0.4, 0.5) is 5.69 Å². The van der Waals surface area contributed by atoms with E-state index < -0.39 is 0 Å². The second-order valence-electron chi connectivity index (χ2n) is 3.96. The Morgan fingerprint density at radius 1 is 0.938 bits per heavy atom. The largest absolute Gasteiger partial charge is 0.398 e. The van der Waals surface area contributed by atoms with E-state index in [2.05, 4.69) is 44.2 Å². The topological polar surface area (TPSA) is 26.0 Å². The smallest absolute Gasteiger partial charge is 0.0456 e. The number of benzene rings is 2. The maximum Gasteiger partial charge on any atom is 0.0456 e. The summed E-state index contributed by atoms with van der Waals surface area (Å²) < 4.78 is 0. The van der Waals surface area contributed by atoms with E-state index in [1.807, 2.05) is 12.1 Å². The van der Waals surface area contributed by atoms with Crippen molar-refractivity contribution in [2.75, 3.05) is 5.73 Å². The Morgan fingerprint density at radius 3 is 2.44 bits per heavy atom. The van der Waals surface area contributed by atoms with Crippen LogP contribution in [0.2, 0.25) is 0 Å². The molecular formula is C14H15NS. The molecule has 0 amide bonds. The molecule has 2 aromatic carbocycles. The Morgan fingerprint density at radius 2 is 1.69 bits per heavy atom. The summed E-state index contributed by atoms with van der Waals surface area (Å²) in [4.78, 5) is 2.36. The van der Waals surface area contributed by atoms with Crippen LogP contribution < -0.4 is 5.73 Å². The van der Waals surface area contributed by atoms with Gasteiger partial charge in [-0.2, -0.15) is 0 Å². The Labute approximate surface area is 101 Å². The van der Waals surface area contributed by atoms with Crippen LogP contribution in [0.15, 0.2) is 52.3 Å². The van der Waals surface area contributed by atoms with Gasteiger partial charge in [-0.15, -0.1) is 0 Å². The van der Waals surface area contributed by atoms with Gasteiger partial charge in [0.05, 0.1) is 0 Å². The van der Waals surface area contributed by atoms with E-state index in [4.69, 9.17) is 5.73 Å². The lowest BCUT2D eigenvalue weighted by Crippen LogP contribution is -1.88. The van der Waals surface area contributed by atoms with Crippen molar-refractivity contribution in [1.82, 2.24) is 0 Å². The van der Waals surface area contributed by atoms with Gasteiger partial charge in [0.15, 0.2) is 0 Å². The summed E-state index contributed by atoms with van der Waals surface area (Å²) in [5.74, 6) is 0.